The van der Waals surface area contributed by atoms with Gasteiger partial charge in [-0.2, -0.15) is 0 Å². The standard InChI is InChI=1S/C17H20N2OS/c1-12-4-7-14(17(20)18-2)10-16(12)19-11-13-5-8-15(21-3)9-6-13/h4-10,19H,11H2,1-3H3,(H,18,20). The van der Waals surface area contributed by atoms with Crippen LogP contribution in [0.5, 0.6) is 0 Å². The predicted octanol–water partition coefficient (Wildman–Crippen LogP) is 3.69. The summed E-state index contributed by atoms with van der Waals surface area (Å²) >= 11 is 1.74. The molecule has 0 radical (unpaired) electrons. The predicted molar refractivity (Wildman–Crippen MR) is 90.1 cm³/mol. The first-order valence-electron chi connectivity index (χ1n) is 6.83. The van der Waals surface area contributed by atoms with Crippen molar-refractivity contribution in [2.45, 2.75) is 18.4 Å². The maximum Gasteiger partial charge on any atom is 0.251 e. The third kappa shape index (κ3) is 4.02. The number of carbonyl (C=O) groups is 1. The fourth-order valence-corrected chi connectivity index (χ4v) is 2.45. The van der Waals surface area contributed by atoms with Crippen molar-refractivity contribution in [3.63, 3.8) is 0 Å². The molecule has 2 aromatic carbocycles. The van der Waals surface area contributed by atoms with Gasteiger partial charge in [-0.05, 0) is 48.6 Å². The molecule has 0 saturated heterocycles. The Labute approximate surface area is 130 Å². The average Bonchev–Trinajstić information content (AvgIpc) is 2.53. The Balaban J connectivity index is 2.09. The van der Waals surface area contributed by atoms with Gasteiger partial charge in [-0.15, -0.1) is 11.8 Å². The minimum absolute atomic E-state index is 0.0672. The minimum atomic E-state index is -0.0672. The molecule has 0 unspecified atom stereocenters. The molecule has 0 aromatic heterocycles. The summed E-state index contributed by atoms with van der Waals surface area (Å²) in [7, 11) is 1.64. The molecule has 0 aliphatic heterocycles. The monoisotopic (exact) mass is 300 g/mol. The summed E-state index contributed by atoms with van der Waals surface area (Å²) in [5.74, 6) is -0.0672. The van der Waals surface area contributed by atoms with Crippen molar-refractivity contribution in [1.29, 1.82) is 0 Å². The van der Waals surface area contributed by atoms with Crippen LogP contribution in [0.2, 0.25) is 0 Å². The number of thioether (sulfide) groups is 1. The fourth-order valence-electron chi connectivity index (χ4n) is 2.04. The van der Waals surface area contributed by atoms with Crippen LogP contribution in [0.1, 0.15) is 21.5 Å². The van der Waals surface area contributed by atoms with Crippen molar-refractivity contribution in [3.05, 3.63) is 59.2 Å². The minimum Gasteiger partial charge on any atom is -0.381 e. The zero-order valence-corrected chi connectivity index (χ0v) is 13.4. The van der Waals surface area contributed by atoms with Crippen LogP contribution in [0.4, 0.5) is 5.69 Å². The van der Waals surface area contributed by atoms with E-state index in [4.69, 9.17) is 0 Å². The summed E-state index contributed by atoms with van der Waals surface area (Å²) in [5.41, 5.74) is 4.01. The van der Waals surface area contributed by atoms with E-state index in [-0.39, 0.29) is 5.91 Å². The molecule has 2 rings (SSSR count). The molecule has 0 bridgehead atoms. The van der Waals surface area contributed by atoms with Crippen LogP contribution in [-0.2, 0) is 6.54 Å². The smallest absolute Gasteiger partial charge is 0.251 e. The number of anilines is 1. The third-order valence-corrected chi connectivity index (χ3v) is 4.11. The van der Waals surface area contributed by atoms with Gasteiger partial charge in [0.15, 0.2) is 0 Å². The first-order valence-corrected chi connectivity index (χ1v) is 8.06. The van der Waals surface area contributed by atoms with Crippen molar-refractivity contribution < 1.29 is 4.79 Å². The molecule has 0 aliphatic rings. The topological polar surface area (TPSA) is 41.1 Å². The van der Waals surface area contributed by atoms with Crippen molar-refractivity contribution in [3.8, 4) is 0 Å². The largest absolute Gasteiger partial charge is 0.381 e. The van der Waals surface area contributed by atoms with Crippen LogP contribution < -0.4 is 10.6 Å². The third-order valence-electron chi connectivity index (χ3n) is 3.37. The van der Waals surface area contributed by atoms with Gasteiger partial charge in [0, 0.05) is 29.7 Å². The molecule has 2 aromatic rings. The molecule has 4 heteroatoms. The second-order valence-corrected chi connectivity index (χ2v) is 5.69. The van der Waals surface area contributed by atoms with E-state index in [2.05, 4.69) is 41.2 Å². The molecule has 2 N–H and O–H groups in total. The Morgan fingerprint density at radius 2 is 1.86 bits per heavy atom. The Hall–Kier alpha value is -1.94. The average molecular weight is 300 g/mol. The summed E-state index contributed by atoms with van der Waals surface area (Å²) in [5, 5.41) is 6.04. The lowest BCUT2D eigenvalue weighted by atomic mass is 10.1. The van der Waals surface area contributed by atoms with E-state index in [9.17, 15) is 4.79 Å². The highest BCUT2D eigenvalue weighted by atomic mass is 32.2. The van der Waals surface area contributed by atoms with Gasteiger partial charge in [0.25, 0.3) is 5.91 Å². The zero-order chi connectivity index (χ0) is 15.2. The number of hydrogen-bond acceptors (Lipinski definition) is 3. The van der Waals surface area contributed by atoms with Crippen LogP contribution >= 0.6 is 11.8 Å². The zero-order valence-electron chi connectivity index (χ0n) is 12.6. The van der Waals surface area contributed by atoms with Crippen molar-refractivity contribution in [1.82, 2.24) is 5.32 Å². The van der Waals surface area contributed by atoms with E-state index in [1.165, 1.54) is 10.5 Å². The molecule has 21 heavy (non-hydrogen) atoms. The summed E-state index contributed by atoms with van der Waals surface area (Å²) in [6.07, 6.45) is 2.07. The molecule has 0 atom stereocenters. The molecule has 0 heterocycles. The van der Waals surface area contributed by atoms with Gasteiger partial charge in [0.1, 0.15) is 0 Å². The SMILES string of the molecule is CNC(=O)c1ccc(C)c(NCc2ccc(SC)cc2)c1. The van der Waals surface area contributed by atoms with Gasteiger partial charge in [-0.3, -0.25) is 4.79 Å². The molecule has 0 spiro atoms. The van der Waals surface area contributed by atoms with E-state index in [0.29, 0.717) is 5.56 Å². The number of nitrogens with one attached hydrogen (secondary N) is 2. The number of amides is 1. The van der Waals surface area contributed by atoms with Crippen LogP contribution in [0, 0.1) is 6.92 Å². The quantitative estimate of drug-likeness (QED) is 0.828. The fraction of sp³-hybridized carbons (Fsp3) is 0.235. The number of rotatable bonds is 5. The van der Waals surface area contributed by atoms with E-state index in [1.807, 2.05) is 25.1 Å². The summed E-state index contributed by atoms with van der Waals surface area (Å²) in [6.45, 7) is 2.78. The van der Waals surface area contributed by atoms with Gasteiger partial charge in [-0.25, -0.2) is 0 Å². The summed E-state index contributed by atoms with van der Waals surface area (Å²) < 4.78 is 0. The van der Waals surface area contributed by atoms with Crippen LogP contribution in [0.15, 0.2) is 47.4 Å². The summed E-state index contributed by atoms with van der Waals surface area (Å²) in [4.78, 5) is 12.9. The lowest BCUT2D eigenvalue weighted by Crippen LogP contribution is -2.18. The second-order valence-electron chi connectivity index (χ2n) is 4.81. The van der Waals surface area contributed by atoms with Gasteiger partial charge >= 0.3 is 0 Å². The lowest BCUT2D eigenvalue weighted by Gasteiger charge is -2.11. The second kappa shape index (κ2) is 7.18. The number of carbonyl (C=O) groups excluding carboxylic acids is 1. The van der Waals surface area contributed by atoms with Crippen molar-refractivity contribution in [2.24, 2.45) is 0 Å². The molecule has 1 amide bonds. The van der Waals surface area contributed by atoms with Crippen LogP contribution in [0.25, 0.3) is 0 Å². The van der Waals surface area contributed by atoms with Gasteiger partial charge in [-0.1, -0.05) is 18.2 Å². The molecule has 3 nitrogen and oxygen atoms in total. The molecule has 110 valence electrons. The number of hydrogen-bond donors (Lipinski definition) is 2. The first kappa shape index (κ1) is 15.4. The highest BCUT2D eigenvalue weighted by Gasteiger charge is 2.06. The highest BCUT2D eigenvalue weighted by molar-refractivity contribution is 7.98. The maximum absolute atomic E-state index is 11.7. The van der Waals surface area contributed by atoms with Gasteiger partial charge in [0.2, 0.25) is 0 Å². The number of aryl methyl sites for hydroxylation is 1. The van der Waals surface area contributed by atoms with E-state index in [1.54, 1.807) is 18.8 Å². The van der Waals surface area contributed by atoms with Crippen molar-refractivity contribution in [2.75, 3.05) is 18.6 Å². The van der Waals surface area contributed by atoms with Crippen LogP contribution in [-0.4, -0.2) is 19.2 Å². The van der Waals surface area contributed by atoms with Gasteiger partial charge < -0.3 is 10.6 Å². The van der Waals surface area contributed by atoms with E-state index >= 15 is 0 Å². The van der Waals surface area contributed by atoms with Crippen LogP contribution in [0.3, 0.4) is 0 Å². The summed E-state index contributed by atoms with van der Waals surface area (Å²) in [6, 6.07) is 14.2. The molecule has 0 saturated carbocycles. The normalized spacial score (nSPS) is 10.2. The van der Waals surface area contributed by atoms with E-state index < -0.39 is 0 Å². The molecular weight excluding hydrogens is 280 g/mol. The Bertz CT molecular complexity index is 623. The Kier molecular flexibility index (Phi) is 5.28. The first-order chi connectivity index (χ1) is 10.1. The molecular formula is C17H20N2OS. The van der Waals surface area contributed by atoms with E-state index in [0.717, 1.165) is 17.8 Å². The lowest BCUT2D eigenvalue weighted by molar-refractivity contribution is 0.0963. The Morgan fingerprint density at radius 3 is 2.48 bits per heavy atom. The highest BCUT2D eigenvalue weighted by Crippen LogP contribution is 2.19. The number of benzene rings is 2. The molecule has 0 fully saturated rings. The van der Waals surface area contributed by atoms with Crippen molar-refractivity contribution >= 4 is 23.4 Å². The maximum atomic E-state index is 11.7. The van der Waals surface area contributed by atoms with Gasteiger partial charge in [0.05, 0.1) is 0 Å². The molecule has 0 aliphatic carbocycles. The Morgan fingerprint density at radius 1 is 1.14 bits per heavy atom.